The summed E-state index contributed by atoms with van der Waals surface area (Å²) in [7, 11) is 0. The van der Waals surface area contributed by atoms with E-state index in [0.717, 1.165) is 25.2 Å². The molecule has 0 unspecified atom stereocenters. The van der Waals surface area contributed by atoms with E-state index in [9.17, 15) is 0 Å². The van der Waals surface area contributed by atoms with Crippen molar-refractivity contribution >= 4 is 0 Å². The molecule has 0 saturated carbocycles. The summed E-state index contributed by atoms with van der Waals surface area (Å²) in [6.45, 7) is 1.07. The van der Waals surface area contributed by atoms with Crippen molar-refractivity contribution in [1.29, 1.82) is 0 Å². The first kappa shape index (κ1) is 12.3. The van der Waals surface area contributed by atoms with Gasteiger partial charge >= 0.3 is 0 Å². The predicted octanol–water partition coefficient (Wildman–Crippen LogP) is 2.77. The molecule has 0 spiro atoms. The maximum absolute atomic E-state index is 4.40. The summed E-state index contributed by atoms with van der Waals surface area (Å²) in [6.07, 6.45) is 12.1. The maximum atomic E-state index is 4.40. The zero-order valence-electron chi connectivity index (χ0n) is 11.3. The minimum Gasteiger partial charge on any atom is -0.315 e. The van der Waals surface area contributed by atoms with Crippen molar-refractivity contribution in [2.75, 3.05) is 0 Å². The van der Waals surface area contributed by atoms with Gasteiger partial charge in [-0.3, -0.25) is 4.98 Å². The van der Waals surface area contributed by atoms with E-state index in [1.54, 1.807) is 0 Å². The molecule has 4 heteroatoms. The quantitative estimate of drug-likeness (QED) is 0.830. The molecule has 19 heavy (non-hydrogen) atoms. The van der Waals surface area contributed by atoms with Crippen LogP contribution in [0.15, 0.2) is 24.5 Å². The average Bonchev–Trinajstić information content (AvgIpc) is 2.85. The van der Waals surface area contributed by atoms with Gasteiger partial charge in [-0.2, -0.15) is 0 Å². The largest absolute Gasteiger partial charge is 0.315 e. The highest BCUT2D eigenvalue weighted by Crippen LogP contribution is 2.16. The number of rotatable bonds is 2. The van der Waals surface area contributed by atoms with Crippen LogP contribution in [0.2, 0.25) is 0 Å². The molecule has 0 aromatic carbocycles. The molecule has 0 saturated heterocycles. The summed E-state index contributed by atoms with van der Waals surface area (Å²) in [6, 6.07) is 4.10. The minimum atomic E-state index is 0.857. The molecule has 0 N–H and O–H groups in total. The zero-order valence-corrected chi connectivity index (χ0v) is 11.3. The van der Waals surface area contributed by atoms with Crippen molar-refractivity contribution in [3.05, 3.63) is 41.7 Å². The highest BCUT2D eigenvalue weighted by atomic mass is 15.3. The van der Waals surface area contributed by atoms with Crippen LogP contribution in [0.5, 0.6) is 0 Å². The van der Waals surface area contributed by atoms with E-state index in [0.29, 0.717) is 0 Å². The number of pyridine rings is 1. The Kier molecular flexibility index (Phi) is 3.86. The van der Waals surface area contributed by atoms with E-state index >= 15 is 0 Å². The Morgan fingerprint density at radius 2 is 1.74 bits per heavy atom. The average molecular weight is 256 g/mol. The van der Waals surface area contributed by atoms with Gasteiger partial charge in [-0.15, -0.1) is 10.2 Å². The zero-order chi connectivity index (χ0) is 12.9. The van der Waals surface area contributed by atoms with E-state index in [2.05, 4.69) is 31.9 Å². The Hall–Kier alpha value is -1.71. The van der Waals surface area contributed by atoms with E-state index < -0.39 is 0 Å². The van der Waals surface area contributed by atoms with E-state index in [1.807, 2.05) is 12.4 Å². The highest BCUT2D eigenvalue weighted by Gasteiger charge is 2.13. The SMILES string of the molecule is c1cc(Cc2nnc3n2CCCCCCC3)ccn1. The van der Waals surface area contributed by atoms with Gasteiger partial charge in [0, 0.05) is 31.8 Å². The predicted molar refractivity (Wildman–Crippen MR) is 73.9 cm³/mol. The highest BCUT2D eigenvalue weighted by molar-refractivity contribution is 5.16. The third-order valence-electron chi connectivity index (χ3n) is 3.80. The molecule has 0 amide bonds. The molecule has 0 bridgehead atoms. The van der Waals surface area contributed by atoms with Crippen LogP contribution in [0.3, 0.4) is 0 Å². The number of hydrogen-bond donors (Lipinski definition) is 0. The fourth-order valence-electron chi connectivity index (χ4n) is 2.71. The second-order valence-corrected chi connectivity index (χ2v) is 5.23. The van der Waals surface area contributed by atoms with Crippen LogP contribution in [0, 0.1) is 0 Å². The summed E-state index contributed by atoms with van der Waals surface area (Å²) in [5.74, 6) is 2.27. The van der Waals surface area contributed by atoms with Gasteiger partial charge in [-0.25, -0.2) is 0 Å². The van der Waals surface area contributed by atoms with Crippen molar-refractivity contribution in [2.24, 2.45) is 0 Å². The van der Waals surface area contributed by atoms with Crippen LogP contribution in [0.1, 0.15) is 49.3 Å². The lowest BCUT2D eigenvalue weighted by Gasteiger charge is -2.08. The van der Waals surface area contributed by atoms with Gasteiger partial charge < -0.3 is 4.57 Å². The van der Waals surface area contributed by atoms with Crippen molar-refractivity contribution in [3.63, 3.8) is 0 Å². The monoisotopic (exact) mass is 256 g/mol. The molecule has 2 aromatic rings. The van der Waals surface area contributed by atoms with Crippen molar-refractivity contribution < 1.29 is 0 Å². The molecule has 0 fully saturated rings. The molecule has 1 aliphatic rings. The van der Waals surface area contributed by atoms with Crippen LogP contribution < -0.4 is 0 Å². The maximum Gasteiger partial charge on any atom is 0.137 e. The van der Waals surface area contributed by atoms with Crippen LogP contribution in [-0.2, 0) is 19.4 Å². The first-order chi connectivity index (χ1) is 9.43. The van der Waals surface area contributed by atoms with E-state index in [4.69, 9.17) is 0 Å². The van der Waals surface area contributed by atoms with Gasteiger partial charge in [0.1, 0.15) is 11.6 Å². The number of aromatic nitrogens is 4. The van der Waals surface area contributed by atoms with Gasteiger partial charge in [-0.05, 0) is 30.5 Å². The Labute approximate surface area is 113 Å². The molecular formula is C15H20N4. The van der Waals surface area contributed by atoms with E-state index in [1.165, 1.54) is 43.5 Å². The Balaban J connectivity index is 1.82. The summed E-state index contributed by atoms with van der Waals surface area (Å²) in [5.41, 5.74) is 1.25. The molecule has 0 atom stereocenters. The number of aryl methyl sites for hydroxylation is 1. The van der Waals surface area contributed by atoms with Gasteiger partial charge in [0.25, 0.3) is 0 Å². The molecule has 1 aliphatic heterocycles. The molecular weight excluding hydrogens is 236 g/mol. The topological polar surface area (TPSA) is 43.6 Å². The van der Waals surface area contributed by atoms with Crippen molar-refractivity contribution in [1.82, 2.24) is 19.7 Å². The summed E-state index contributed by atoms with van der Waals surface area (Å²) in [4.78, 5) is 4.06. The number of nitrogens with zero attached hydrogens (tertiary/aromatic N) is 4. The van der Waals surface area contributed by atoms with Crippen LogP contribution in [-0.4, -0.2) is 19.7 Å². The normalized spacial score (nSPS) is 16.2. The molecule has 3 rings (SSSR count). The Morgan fingerprint density at radius 3 is 2.63 bits per heavy atom. The fraction of sp³-hybridized carbons (Fsp3) is 0.533. The summed E-state index contributed by atoms with van der Waals surface area (Å²) >= 11 is 0. The Morgan fingerprint density at radius 1 is 0.947 bits per heavy atom. The summed E-state index contributed by atoms with van der Waals surface area (Å²) in [5, 5.41) is 8.79. The van der Waals surface area contributed by atoms with Crippen molar-refractivity contribution in [3.8, 4) is 0 Å². The second-order valence-electron chi connectivity index (χ2n) is 5.23. The van der Waals surface area contributed by atoms with Gasteiger partial charge in [0.15, 0.2) is 0 Å². The minimum absolute atomic E-state index is 0.857. The van der Waals surface area contributed by atoms with E-state index in [-0.39, 0.29) is 0 Å². The van der Waals surface area contributed by atoms with Crippen LogP contribution in [0.25, 0.3) is 0 Å². The summed E-state index contributed by atoms with van der Waals surface area (Å²) < 4.78 is 2.34. The second kappa shape index (κ2) is 5.95. The molecule has 2 aromatic heterocycles. The van der Waals surface area contributed by atoms with Crippen molar-refractivity contribution in [2.45, 2.75) is 51.5 Å². The lowest BCUT2D eigenvalue weighted by atomic mass is 10.1. The molecule has 4 nitrogen and oxygen atoms in total. The van der Waals surface area contributed by atoms with Gasteiger partial charge in [-0.1, -0.05) is 19.3 Å². The number of hydrogen-bond acceptors (Lipinski definition) is 3. The van der Waals surface area contributed by atoms with Gasteiger partial charge in [0.05, 0.1) is 0 Å². The Bertz CT molecular complexity index is 518. The number of fused-ring (bicyclic) bond motifs is 1. The third-order valence-corrected chi connectivity index (χ3v) is 3.80. The lowest BCUT2D eigenvalue weighted by Crippen LogP contribution is -2.08. The third kappa shape index (κ3) is 3.00. The van der Waals surface area contributed by atoms with Crippen LogP contribution >= 0.6 is 0 Å². The molecule has 100 valence electrons. The lowest BCUT2D eigenvalue weighted by molar-refractivity contribution is 0.570. The van der Waals surface area contributed by atoms with Crippen LogP contribution in [0.4, 0.5) is 0 Å². The standard InChI is InChI=1S/C15H20N4/c1-2-4-6-14-17-18-15(19(14)11-5-3-1)12-13-7-9-16-10-8-13/h7-10H,1-6,11-12H2. The first-order valence-corrected chi connectivity index (χ1v) is 7.23. The fourth-order valence-corrected chi connectivity index (χ4v) is 2.71. The smallest absolute Gasteiger partial charge is 0.137 e. The molecule has 0 aliphatic carbocycles. The first-order valence-electron chi connectivity index (χ1n) is 7.23. The molecule has 0 radical (unpaired) electrons. The molecule has 3 heterocycles. The van der Waals surface area contributed by atoms with Gasteiger partial charge in [0.2, 0.25) is 0 Å².